The molecule has 1 aromatic heterocycles. The van der Waals surface area contributed by atoms with Crippen LogP contribution in [0.4, 0.5) is 0 Å². The van der Waals surface area contributed by atoms with Gasteiger partial charge < -0.3 is 5.11 Å². The Balaban J connectivity index is 0.000000561. The summed E-state index contributed by atoms with van der Waals surface area (Å²) in [7, 11) is 0. The van der Waals surface area contributed by atoms with Gasteiger partial charge in [0, 0.05) is 18.0 Å². The second-order valence-corrected chi connectivity index (χ2v) is 2.80. The molecular weight excluding hydrogens is 150 g/mol. The van der Waals surface area contributed by atoms with Crippen molar-refractivity contribution < 1.29 is 5.11 Å². The molecule has 0 aliphatic rings. The maximum Gasteiger partial charge on any atom is 0.0855 e. The maximum absolute atomic E-state index is 9.45. The molecule has 0 atom stereocenters. The van der Waals surface area contributed by atoms with Gasteiger partial charge in [-0.1, -0.05) is 19.9 Å². The molecule has 0 saturated carbocycles. The fourth-order valence-corrected chi connectivity index (χ4v) is 0.725. The van der Waals surface area contributed by atoms with Crippen molar-refractivity contribution in [1.29, 1.82) is 0 Å². The van der Waals surface area contributed by atoms with Crippen LogP contribution in [0.1, 0.15) is 33.3 Å². The summed E-state index contributed by atoms with van der Waals surface area (Å²) >= 11 is 0. The van der Waals surface area contributed by atoms with Crippen molar-refractivity contribution in [2.24, 2.45) is 0 Å². The largest absolute Gasteiger partial charge is 0.386 e. The fourth-order valence-electron chi connectivity index (χ4n) is 0.725. The minimum absolute atomic E-state index is 0.770. The van der Waals surface area contributed by atoms with Crippen LogP contribution < -0.4 is 0 Å². The first-order chi connectivity index (χ1) is 5.61. The van der Waals surface area contributed by atoms with Crippen molar-refractivity contribution in [3.8, 4) is 0 Å². The van der Waals surface area contributed by atoms with Gasteiger partial charge in [0.05, 0.1) is 5.60 Å². The van der Waals surface area contributed by atoms with Gasteiger partial charge in [-0.3, -0.25) is 4.98 Å². The third-order valence-corrected chi connectivity index (χ3v) is 1.37. The van der Waals surface area contributed by atoms with Gasteiger partial charge >= 0.3 is 0 Å². The maximum atomic E-state index is 9.45. The normalized spacial score (nSPS) is 10.1. The molecule has 68 valence electrons. The summed E-state index contributed by atoms with van der Waals surface area (Å²) in [6.45, 7) is 7.48. The van der Waals surface area contributed by atoms with E-state index in [1.54, 1.807) is 26.2 Å². The fraction of sp³-hybridized carbons (Fsp3) is 0.500. The number of hydrogen-bond acceptors (Lipinski definition) is 2. The lowest BCUT2D eigenvalue weighted by Crippen LogP contribution is -2.15. The highest BCUT2D eigenvalue weighted by molar-refractivity contribution is 5.15. The average molecular weight is 167 g/mol. The van der Waals surface area contributed by atoms with Crippen LogP contribution in [0.5, 0.6) is 0 Å². The lowest BCUT2D eigenvalue weighted by molar-refractivity contribution is 0.0782. The highest BCUT2D eigenvalue weighted by atomic mass is 16.3. The SMILES string of the molecule is CC.CC(C)(O)c1cccnc1. The zero-order chi connectivity index (χ0) is 9.61. The van der Waals surface area contributed by atoms with Crippen molar-refractivity contribution in [2.45, 2.75) is 33.3 Å². The van der Waals surface area contributed by atoms with Crippen molar-refractivity contribution in [2.75, 3.05) is 0 Å². The Morgan fingerprint density at radius 3 is 2.17 bits per heavy atom. The standard InChI is InChI=1S/C8H11NO.C2H6/c1-8(2,10)7-4-3-5-9-6-7;1-2/h3-6,10H,1-2H3;1-2H3. The number of pyridine rings is 1. The minimum Gasteiger partial charge on any atom is -0.386 e. The molecule has 2 nitrogen and oxygen atoms in total. The van der Waals surface area contributed by atoms with Crippen LogP contribution in [-0.4, -0.2) is 10.1 Å². The van der Waals surface area contributed by atoms with E-state index in [1.807, 2.05) is 26.0 Å². The van der Waals surface area contributed by atoms with Crippen molar-refractivity contribution in [1.82, 2.24) is 4.98 Å². The zero-order valence-electron chi connectivity index (χ0n) is 8.20. The number of aliphatic hydroxyl groups is 1. The Kier molecular flexibility index (Phi) is 4.52. The Bertz CT molecular complexity index is 201. The Labute approximate surface area is 74.3 Å². The molecule has 1 rings (SSSR count). The third kappa shape index (κ3) is 3.49. The molecule has 1 heterocycles. The van der Waals surface area contributed by atoms with Gasteiger partial charge in [0.1, 0.15) is 0 Å². The quantitative estimate of drug-likeness (QED) is 0.696. The van der Waals surface area contributed by atoms with Crippen LogP contribution in [0.25, 0.3) is 0 Å². The first kappa shape index (κ1) is 11.1. The topological polar surface area (TPSA) is 33.1 Å². The predicted molar refractivity (Wildman–Crippen MR) is 50.8 cm³/mol. The zero-order valence-corrected chi connectivity index (χ0v) is 8.20. The second kappa shape index (κ2) is 4.88. The van der Waals surface area contributed by atoms with E-state index in [0.717, 1.165) is 5.56 Å². The van der Waals surface area contributed by atoms with Gasteiger partial charge in [-0.25, -0.2) is 0 Å². The molecule has 0 amide bonds. The van der Waals surface area contributed by atoms with E-state index < -0.39 is 5.60 Å². The molecule has 0 spiro atoms. The second-order valence-electron chi connectivity index (χ2n) is 2.80. The monoisotopic (exact) mass is 167 g/mol. The van der Waals surface area contributed by atoms with Crippen LogP contribution in [0.2, 0.25) is 0 Å². The minimum atomic E-state index is -0.770. The van der Waals surface area contributed by atoms with Crippen LogP contribution in [-0.2, 0) is 5.60 Å². The molecule has 0 bridgehead atoms. The molecule has 0 unspecified atom stereocenters. The van der Waals surface area contributed by atoms with Crippen molar-refractivity contribution in [3.63, 3.8) is 0 Å². The lowest BCUT2D eigenvalue weighted by atomic mass is 10.0. The van der Waals surface area contributed by atoms with E-state index in [0.29, 0.717) is 0 Å². The van der Waals surface area contributed by atoms with Crippen LogP contribution in [0, 0.1) is 0 Å². The first-order valence-corrected chi connectivity index (χ1v) is 4.23. The van der Waals surface area contributed by atoms with Gasteiger partial charge in [0.15, 0.2) is 0 Å². The van der Waals surface area contributed by atoms with E-state index in [2.05, 4.69) is 4.98 Å². The molecule has 0 fully saturated rings. The van der Waals surface area contributed by atoms with Gasteiger partial charge in [-0.05, 0) is 19.9 Å². The number of nitrogens with zero attached hydrogens (tertiary/aromatic N) is 1. The van der Waals surface area contributed by atoms with Gasteiger partial charge in [-0.2, -0.15) is 0 Å². The third-order valence-electron chi connectivity index (χ3n) is 1.37. The molecule has 0 aliphatic carbocycles. The Hall–Kier alpha value is -0.890. The molecule has 2 heteroatoms. The summed E-state index contributed by atoms with van der Waals surface area (Å²) in [6, 6.07) is 3.67. The van der Waals surface area contributed by atoms with Crippen molar-refractivity contribution in [3.05, 3.63) is 30.1 Å². The molecule has 12 heavy (non-hydrogen) atoms. The highest BCUT2D eigenvalue weighted by Crippen LogP contribution is 2.16. The summed E-state index contributed by atoms with van der Waals surface area (Å²) < 4.78 is 0. The summed E-state index contributed by atoms with van der Waals surface area (Å²) in [6.07, 6.45) is 3.36. The van der Waals surface area contributed by atoms with Gasteiger partial charge in [0.25, 0.3) is 0 Å². The summed E-state index contributed by atoms with van der Waals surface area (Å²) in [5.41, 5.74) is 0.0730. The molecule has 1 N–H and O–H groups in total. The highest BCUT2D eigenvalue weighted by Gasteiger charge is 2.14. The molecule has 0 aromatic carbocycles. The summed E-state index contributed by atoms with van der Waals surface area (Å²) in [4.78, 5) is 3.89. The molecule has 0 radical (unpaired) electrons. The Morgan fingerprint density at radius 2 is 1.92 bits per heavy atom. The van der Waals surface area contributed by atoms with E-state index >= 15 is 0 Å². The first-order valence-electron chi connectivity index (χ1n) is 4.23. The van der Waals surface area contributed by atoms with E-state index in [4.69, 9.17) is 0 Å². The van der Waals surface area contributed by atoms with Crippen LogP contribution in [0.3, 0.4) is 0 Å². The average Bonchev–Trinajstić information content (AvgIpc) is 2.08. The summed E-state index contributed by atoms with van der Waals surface area (Å²) in [5.74, 6) is 0. The van der Waals surface area contributed by atoms with Gasteiger partial charge in [-0.15, -0.1) is 0 Å². The Morgan fingerprint density at radius 1 is 1.33 bits per heavy atom. The van der Waals surface area contributed by atoms with E-state index in [1.165, 1.54) is 0 Å². The number of hydrogen-bond donors (Lipinski definition) is 1. The number of aromatic nitrogens is 1. The predicted octanol–water partition coefficient (Wildman–Crippen LogP) is 2.34. The number of rotatable bonds is 1. The van der Waals surface area contributed by atoms with Gasteiger partial charge in [0.2, 0.25) is 0 Å². The van der Waals surface area contributed by atoms with Crippen LogP contribution in [0.15, 0.2) is 24.5 Å². The van der Waals surface area contributed by atoms with E-state index in [-0.39, 0.29) is 0 Å². The smallest absolute Gasteiger partial charge is 0.0855 e. The summed E-state index contributed by atoms with van der Waals surface area (Å²) in [5, 5.41) is 9.45. The molecule has 0 aliphatic heterocycles. The lowest BCUT2D eigenvalue weighted by Gasteiger charge is -2.16. The van der Waals surface area contributed by atoms with E-state index in [9.17, 15) is 5.11 Å². The molecular formula is C10H17NO. The van der Waals surface area contributed by atoms with Crippen molar-refractivity contribution >= 4 is 0 Å². The van der Waals surface area contributed by atoms with Crippen LogP contribution >= 0.6 is 0 Å². The molecule has 0 saturated heterocycles. The molecule has 1 aromatic rings.